The van der Waals surface area contributed by atoms with Gasteiger partial charge < -0.3 is 5.32 Å². The minimum atomic E-state index is -0.381. The molecule has 0 fully saturated rings. The van der Waals surface area contributed by atoms with Gasteiger partial charge in [0, 0.05) is 27.9 Å². The highest BCUT2D eigenvalue weighted by molar-refractivity contribution is 6.30. The van der Waals surface area contributed by atoms with Crippen molar-refractivity contribution >= 4 is 29.1 Å². The molecule has 5 nitrogen and oxygen atoms in total. The van der Waals surface area contributed by atoms with Gasteiger partial charge in [-0.2, -0.15) is 5.10 Å². The number of ketones is 1. The molecule has 0 aliphatic heterocycles. The van der Waals surface area contributed by atoms with Gasteiger partial charge in [-0.15, -0.1) is 0 Å². The Labute approximate surface area is 191 Å². The highest BCUT2D eigenvalue weighted by Gasteiger charge is 2.19. The van der Waals surface area contributed by atoms with Gasteiger partial charge in [0.05, 0.1) is 12.1 Å². The Balaban J connectivity index is 1.55. The molecule has 1 amide bonds. The minimum absolute atomic E-state index is 0.196. The van der Waals surface area contributed by atoms with E-state index in [1.807, 2.05) is 50.2 Å². The van der Waals surface area contributed by atoms with E-state index in [0.717, 1.165) is 16.8 Å². The Morgan fingerprint density at radius 1 is 0.906 bits per heavy atom. The summed E-state index contributed by atoms with van der Waals surface area (Å²) < 4.78 is 1.80. The third-order valence-corrected chi connectivity index (χ3v) is 5.41. The van der Waals surface area contributed by atoms with Crippen LogP contribution in [0.4, 0.5) is 5.82 Å². The monoisotopic (exact) mass is 443 g/mol. The topological polar surface area (TPSA) is 64.0 Å². The maximum absolute atomic E-state index is 13.0. The largest absolute Gasteiger partial charge is 0.305 e. The van der Waals surface area contributed by atoms with Crippen LogP contribution in [0.5, 0.6) is 0 Å². The van der Waals surface area contributed by atoms with Crippen LogP contribution in [0.15, 0.2) is 78.9 Å². The lowest BCUT2D eigenvalue weighted by Gasteiger charge is -2.09. The van der Waals surface area contributed by atoms with Crippen LogP contribution in [0.2, 0.25) is 5.02 Å². The standard InChI is InChI=1S/C26H22ClN3O2/c1-17-10-12-20(13-11-17)25(31)22-8-3-4-9-23(22)26(32)28-24-14-18(2)30(29-24)16-19-6-5-7-21(27)15-19/h3-15H,16H2,1-2H3,(H,28,29,32). The maximum atomic E-state index is 13.0. The molecule has 0 unspecified atom stereocenters. The van der Waals surface area contributed by atoms with Gasteiger partial charge in [0.2, 0.25) is 0 Å². The highest BCUT2D eigenvalue weighted by atomic mass is 35.5. The number of aryl methyl sites for hydroxylation is 2. The van der Waals surface area contributed by atoms with Crippen molar-refractivity contribution in [3.8, 4) is 0 Å². The second-order valence-electron chi connectivity index (χ2n) is 7.65. The summed E-state index contributed by atoms with van der Waals surface area (Å²) >= 11 is 6.07. The Kier molecular flexibility index (Phi) is 6.19. The van der Waals surface area contributed by atoms with Crippen LogP contribution in [-0.2, 0) is 6.54 Å². The van der Waals surface area contributed by atoms with Crippen molar-refractivity contribution in [1.29, 1.82) is 0 Å². The summed E-state index contributed by atoms with van der Waals surface area (Å²) in [6, 6.07) is 23.5. The zero-order valence-electron chi connectivity index (χ0n) is 17.8. The molecule has 0 aliphatic carbocycles. The molecule has 0 saturated carbocycles. The number of hydrogen-bond acceptors (Lipinski definition) is 3. The number of anilines is 1. The number of carbonyl (C=O) groups is 2. The lowest BCUT2D eigenvalue weighted by atomic mass is 9.97. The number of rotatable bonds is 6. The van der Waals surface area contributed by atoms with Crippen LogP contribution in [0, 0.1) is 13.8 Å². The van der Waals surface area contributed by atoms with Crippen molar-refractivity contribution in [2.24, 2.45) is 0 Å². The Bertz CT molecular complexity index is 1290. The summed E-state index contributed by atoms with van der Waals surface area (Å²) in [6.45, 7) is 4.41. The Hall–Kier alpha value is -3.70. The Morgan fingerprint density at radius 2 is 1.62 bits per heavy atom. The molecule has 4 aromatic rings. The number of nitrogens with one attached hydrogen (secondary N) is 1. The van der Waals surface area contributed by atoms with Gasteiger partial charge in [0.25, 0.3) is 5.91 Å². The molecule has 0 bridgehead atoms. The van der Waals surface area contributed by atoms with Crippen LogP contribution < -0.4 is 5.32 Å². The average molecular weight is 444 g/mol. The van der Waals surface area contributed by atoms with Crippen molar-refractivity contribution < 1.29 is 9.59 Å². The van der Waals surface area contributed by atoms with E-state index in [9.17, 15) is 9.59 Å². The first-order valence-corrected chi connectivity index (χ1v) is 10.6. The predicted octanol–water partition coefficient (Wildman–Crippen LogP) is 5.68. The molecule has 3 aromatic carbocycles. The van der Waals surface area contributed by atoms with E-state index in [-0.39, 0.29) is 11.7 Å². The zero-order chi connectivity index (χ0) is 22.7. The lowest BCUT2D eigenvalue weighted by Crippen LogP contribution is -2.17. The van der Waals surface area contributed by atoms with Crippen LogP contribution in [0.3, 0.4) is 0 Å². The minimum Gasteiger partial charge on any atom is -0.305 e. The number of halogens is 1. The third-order valence-electron chi connectivity index (χ3n) is 5.17. The molecule has 160 valence electrons. The molecule has 1 aromatic heterocycles. The Morgan fingerprint density at radius 3 is 2.34 bits per heavy atom. The van der Waals surface area contributed by atoms with Gasteiger partial charge in [0.15, 0.2) is 11.6 Å². The molecule has 0 saturated heterocycles. The smallest absolute Gasteiger partial charge is 0.257 e. The number of hydrogen-bond donors (Lipinski definition) is 1. The van der Waals surface area contributed by atoms with E-state index in [0.29, 0.717) is 34.1 Å². The molecule has 6 heteroatoms. The summed E-state index contributed by atoms with van der Waals surface area (Å²) in [6.07, 6.45) is 0. The van der Waals surface area contributed by atoms with Crippen LogP contribution in [0.1, 0.15) is 43.1 Å². The van der Waals surface area contributed by atoms with E-state index in [4.69, 9.17) is 11.6 Å². The molecule has 4 rings (SSSR count). The van der Waals surface area contributed by atoms with Crippen LogP contribution >= 0.6 is 11.6 Å². The molecular formula is C26H22ClN3O2. The lowest BCUT2D eigenvalue weighted by molar-refractivity contribution is 0.0996. The normalized spacial score (nSPS) is 10.7. The van der Waals surface area contributed by atoms with Gasteiger partial charge in [-0.1, -0.05) is 71.8 Å². The van der Waals surface area contributed by atoms with Gasteiger partial charge in [-0.3, -0.25) is 14.3 Å². The fourth-order valence-electron chi connectivity index (χ4n) is 3.46. The quantitative estimate of drug-likeness (QED) is 0.389. The molecule has 1 N–H and O–H groups in total. The van der Waals surface area contributed by atoms with E-state index in [1.165, 1.54) is 0 Å². The molecule has 0 radical (unpaired) electrons. The summed E-state index contributed by atoms with van der Waals surface area (Å²) in [5, 5.41) is 7.99. The van der Waals surface area contributed by atoms with E-state index in [2.05, 4.69) is 10.4 Å². The molecule has 1 heterocycles. The highest BCUT2D eigenvalue weighted by Crippen LogP contribution is 2.19. The molecule has 0 spiro atoms. The molecule has 0 atom stereocenters. The first-order chi connectivity index (χ1) is 15.4. The summed E-state index contributed by atoms with van der Waals surface area (Å²) in [5.41, 5.74) is 4.16. The van der Waals surface area contributed by atoms with E-state index >= 15 is 0 Å². The van der Waals surface area contributed by atoms with Gasteiger partial charge in [-0.05, 0) is 37.6 Å². The predicted molar refractivity (Wildman–Crippen MR) is 127 cm³/mol. The first kappa shape index (κ1) is 21.5. The number of amides is 1. The first-order valence-electron chi connectivity index (χ1n) is 10.2. The number of carbonyl (C=O) groups excluding carboxylic acids is 2. The SMILES string of the molecule is Cc1ccc(C(=O)c2ccccc2C(=O)Nc2cc(C)n(Cc3cccc(Cl)c3)n2)cc1. The van der Waals surface area contributed by atoms with Crippen LogP contribution in [-0.4, -0.2) is 21.5 Å². The van der Waals surface area contributed by atoms with Gasteiger partial charge in [-0.25, -0.2) is 0 Å². The van der Waals surface area contributed by atoms with Crippen molar-refractivity contribution in [2.45, 2.75) is 20.4 Å². The maximum Gasteiger partial charge on any atom is 0.257 e. The van der Waals surface area contributed by atoms with E-state index in [1.54, 1.807) is 47.1 Å². The van der Waals surface area contributed by atoms with Crippen molar-refractivity contribution in [1.82, 2.24) is 9.78 Å². The van der Waals surface area contributed by atoms with Crippen molar-refractivity contribution in [3.63, 3.8) is 0 Å². The van der Waals surface area contributed by atoms with Gasteiger partial charge >= 0.3 is 0 Å². The fraction of sp³-hybridized carbons (Fsp3) is 0.115. The summed E-state index contributed by atoms with van der Waals surface area (Å²) in [5.74, 6) is -0.154. The number of nitrogens with zero attached hydrogens (tertiary/aromatic N) is 2. The van der Waals surface area contributed by atoms with Gasteiger partial charge in [0.1, 0.15) is 0 Å². The molecular weight excluding hydrogens is 422 g/mol. The van der Waals surface area contributed by atoms with Crippen LogP contribution in [0.25, 0.3) is 0 Å². The average Bonchev–Trinajstić information content (AvgIpc) is 3.12. The molecule has 0 aliphatic rings. The second kappa shape index (κ2) is 9.20. The van der Waals surface area contributed by atoms with Crippen molar-refractivity contribution in [2.75, 3.05) is 5.32 Å². The van der Waals surface area contributed by atoms with Crippen molar-refractivity contribution in [3.05, 3.63) is 117 Å². The number of aromatic nitrogens is 2. The second-order valence-corrected chi connectivity index (χ2v) is 8.09. The number of benzene rings is 3. The molecule has 32 heavy (non-hydrogen) atoms. The summed E-state index contributed by atoms with van der Waals surface area (Å²) in [4.78, 5) is 26.0. The zero-order valence-corrected chi connectivity index (χ0v) is 18.6. The summed E-state index contributed by atoms with van der Waals surface area (Å²) in [7, 11) is 0. The fourth-order valence-corrected chi connectivity index (χ4v) is 3.68. The van der Waals surface area contributed by atoms with E-state index < -0.39 is 0 Å². The third kappa shape index (κ3) is 4.79.